The molecule has 1 aromatic heterocycles. The van der Waals surface area contributed by atoms with Crippen molar-refractivity contribution >= 4 is 22.7 Å². The van der Waals surface area contributed by atoms with Crippen LogP contribution >= 0.6 is 0 Å². The molecule has 0 amide bonds. The summed E-state index contributed by atoms with van der Waals surface area (Å²) in [5, 5.41) is 0.677. The third-order valence-corrected chi connectivity index (χ3v) is 3.02. The molecule has 1 heterocycles. The number of hydrogen-bond donors (Lipinski definition) is 1. The Hall–Kier alpha value is -2.50. The predicted octanol–water partition coefficient (Wildman–Crippen LogP) is 1.93. The number of carbonyl (C=O) groups excluding carboxylic acids is 2. The van der Waals surface area contributed by atoms with E-state index in [1.54, 1.807) is 18.3 Å². The van der Waals surface area contributed by atoms with Crippen LogP contribution in [0.15, 0.2) is 18.3 Å². The van der Waals surface area contributed by atoms with Crippen LogP contribution in [0.4, 0.5) is 0 Å². The number of nitrogens with one attached hydrogen (secondary N) is 1. The number of H-pyrrole nitrogens is 1. The number of fused-ring (bicyclic) bond motifs is 1. The first-order valence-corrected chi connectivity index (χ1v) is 5.93. The average molecular weight is 277 g/mol. The maximum Gasteiger partial charge on any atom is 0.313 e. The van der Waals surface area contributed by atoms with Crippen molar-refractivity contribution in [1.29, 1.82) is 0 Å². The van der Waals surface area contributed by atoms with Crippen molar-refractivity contribution in [1.82, 2.24) is 4.98 Å². The molecule has 0 radical (unpaired) electrons. The lowest BCUT2D eigenvalue weighted by Gasteiger charge is -2.07. The van der Waals surface area contributed by atoms with Crippen molar-refractivity contribution in [3.63, 3.8) is 0 Å². The van der Waals surface area contributed by atoms with Crippen LogP contribution in [0.2, 0.25) is 0 Å². The van der Waals surface area contributed by atoms with Gasteiger partial charge in [-0.2, -0.15) is 0 Å². The highest BCUT2D eigenvalue weighted by Gasteiger charge is 2.18. The summed E-state index contributed by atoms with van der Waals surface area (Å²) >= 11 is 0. The van der Waals surface area contributed by atoms with Gasteiger partial charge in [0.25, 0.3) is 0 Å². The normalized spacial score (nSPS) is 10.3. The molecule has 2 rings (SSSR count). The molecule has 6 nitrogen and oxygen atoms in total. The maximum absolute atomic E-state index is 12.1. The third kappa shape index (κ3) is 2.45. The number of esters is 1. The van der Waals surface area contributed by atoms with E-state index < -0.39 is 5.97 Å². The molecule has 2 aromatic rings. The fraction of sp³-hybridized carbons (Fsp3) is 0.286. The highest BCUT2D eigenvalue weighted by Crippen LogP contribution is 2.33. The maximum atomic E-state index is 12.1. The second kappa shape index (κ2) is 5.64. The van der Waals surface area contributed by atoms with Crippen molar-refractivity contribution < 1.29 is 23.8 Å². The Bertz CT molecular complexity index is 659. The summed E-state index contributed by atoms with van der Waals surface area (Å²) in [5.41, 5.74) is 1.15. The zero-order chi connectivity index (χ0) is 14.7. The standard InChI is InChI=1S/C14H15NO5/c1-18-12-4-8-9(11(16)6-14(17)20-3)7-15-10(8)5-13(12)19-2/h4-5,7,15H,6H2,1-3H3. The molecule has 1 N–H and O–H groups in total. The molecular weight excluding hydrogens is 262 g/mol. The van der Waals surface area contributed by atoms with E-state index in [0.717, 1.165) is 5.52 Å². The number of ketones is 1. The van der Waals surface area contributed by atoms with Gasteiger partial charge < -0.3 is 19.2 Å². The summed E-state index contributed by atoms with van der Waals surface area (Å²) in [6.07, 6.45) is 1.27. The minimum atomic E-state index is -0.565. The van der Waals surface area contributed by atoms with E-state index in [1.165, 1.54) is 21.3 Å². The molecule has 0 atom stereocenters. The van der Waals surface area contributed by atoms with E-state index in [2.05, 4.69) is 9.72 Å². The Balaban J connectivity index is 2.45. The topological polar surface area (TPSA) is 77.6 Å². The predicted molar refractivity (Wildman–Crippen MR) is 72.4 cm³/mol. The van der Waals surface area contributed by atoms with Crippen LogP contribution in [-0.2, 0) is 9.53 Å². The van der Waals surface area contributed by atoms with E-state index in [0.29, 0.717) is 22.4 Å². The molecule has 0 aliphatic rings. The first-order valence-electron chi connectivity index (χ1n) is 5.93. The largest absolute Gasteiger partial charge is 0.493 e. The average Bonchev–Trinajstić information content (AvgIpc) is 2.88. The SMILES string of the molecule is COC(=O)CC(=O)c1c[nH]c2cc(OC)c(OC)cc12. The lowest BCUT2D eigenvalue weighted by atomic mass is 10.1. The molecule has 0 aliphatic heterocycles. The number of ether oxygens (including phenoxy) is 3. The minimum absolute atomic E-state index is 0.294. The molecule has 0 saturated heterocycles. The highest BCUT2D eigenvalue weighted by molar-refractivity contribution is 6.13. The van der Waals surface area contributed by atoms with Crippen LogP contribution in [0, 0.1) is 0 Å². The van der Waals surface area contributed by atoms with Gasteiger partial charge in [-0.25, -0.2) is 0 Å². The lowest BCUT2D eigenvalue weighted by molar-refractivity contribution is -0.139. The lowest BCUT2D eigenvalue weighted by Crippen LogP contribution is -2.09. The second-order valence-electron chi connectivity index (χ2n) is 4.13. The van der Waals surface area contributed by atoms with Gasteiger partial charge >= 0.3 is 5.97 Å². The van der Waals surface area contributed by atoms with Gasteiger partial charge in [0.15, 0.2) is 17.3 Å². The van der Waals surface area contributed by atoms with E-state index in [-0.39, 0.29) is 12.2 Å². The molecule has 0 unspecified atom stereocenters. The van der Waals surface area contributed by atoms with Crippen LogP contribution in [0.3, 0.4) is 0 Å². The molecule has 0 spiro atoms. The number of hydrogen-bond acceptors (Lipinski definition) is 5. The van der Waals surface area contributed by atoms with Gasteiger partial charge in [0.2, 0.25) is 0 Å². The van der Waals surface area contributed by atoms with Crippen LogP contribution in [0.5, 0.6) is 11.5 Å². The quantitative estimate of drug-likeness (QED) is 0.513. The number of methoxy groups -OCH3 is 3. The summed E-state index contributed by atoms with van der Waals surface area (Å²) in [7, 11) is 4.31. The van der Waals surface area contributed by atoms with Gasteiger partial charge in [-0.1, -0.05) is 0 Å². The van der Waals surface area contributed by atoms with Gasteiger partial charge in [-0.05, 0) is 6.07 Å². The molecule has 20 heavy (non-hydrogen) atoms. The molecule has 6 heteroatoms. The molecule has 1 aromatic carbocycles. The summed E-state index contributed by atoms with van der Waals surface area (Å²) in [5.74, 6) is 0.209. The molecular formula is C14H15NO5. The zero-order valence-electron chi connectivity index (χ0n) is 11.5. The summed E-state index contributed by atoms with van der Waals surface area (Å²) in [6, 6.07) is 3.44. The number of Topliss-reactive ketones (excluding diaryl/α,β-unsaturated/α-hetero) is 1. The zero-order valence-corrected chi connectivity index (χ0v) is 11.5. The molecule has 0 saturated carbocycles. The number of aromatic nitrogens is 1. The number of carbonyl (C=O) groups is 2. The van der Waals surface area contributed by atoms with Gasteiger partial charge in [0.05, 0.1) is 26.8 Å². The van der Waals surface area contributed by atoms with Gasteiger partial charge in [-0.15, -0.1) is 0 Å². The third-order valence-electron chi connectivity index (χ3n) is 3.02. The van der Waals surface area contributed by atoms with Crippen LogP contribution in [0.1, 0.15) is 16.8 Å². The highest BCUT2D eigenvalue weighted by atomic mass is 16.5. The van der Waals surface area contributed by atoms with Crippen molar-refractivity contribution in [2.45, 2.75) is 6.42 Å². The molecule has 0 bridgehead atoms. The summed E-state index contributed by atoms with van der Waals surface area (Å²) < 4.78 is 14.9. The Morgan fingerprint density at radius 2 is 1.75 bits per heavy atom. The Morgan fingerprint density at radius 1 is 1.10 bits per heavy atom. The Morgan fingerprint density at radius 3 is 2.35 bits per heavy atom. The first kappa shape index (κ1) is 13.9. The van der Waals surface area contributed by atoms with Crippen molar-refractivity contribution in [3.8, 4) is 11.5 Å². The van der Waals surface area contributed by atoms with E-state index >= 15 is 0 Å². The Kier molecular flexibility index (Phi) is 3.93. The fourth-order valence-corrected chi connectivity index (χ4v) is 1.98. The van der Waals surface area contributed by atoms with Crippen LogP contribution in [-0.4, -0.2) is 38.1 Å². The Labute approximate surface area is 115 Å². The van der Waals surface area contributed by atoms with Gasteiger partial charge in [0, 0.05) is 23.2 Å². The van der Waals surface area contributed by atoms with Gasteiger partial charge in [-0.3, -0.25) is 9.59 Å². The van der Waals surface area contributed by atoms with E-state index in [1.807, 2.05) is 0 Å². The van der Waals surface area contributed by atoms with Crippen LogP contribution < -0.4 is 9.47 Å². The number of aromatic amines is 1. The van der Waals surface area contributed by atoms with E-state index in [9.17, 15) is 9.59 Å². The van der Waals surface area contributed by atoms with Crippen molar-refractivity contribution in [2.75, 3.05) is 21.3 Å². The number of benzene rings is 1. The number of rotatable bonds is 5. The molecule has 106 valence electrons. The monoisotopic (exact) mass is 277 g/mol. The fourth-order valence-electron chi connectivity index (χ4n) is 1.98. The van der Waals surface area contributed by atoms with E-state index in [4.69, 9.17) is 9.47 Å². The second-order valence-corrected chi connectivity index (χ2v) is 4.13. The minimum Gasteiger partial charge on any atom is -0.493 e. The van der Waals surface area contributed by atoms with Crippen LogP contribution in [0.25, 0.3) is 10.9 Å². The molecule has 0 fully saturated rings. The van der Waals surface area contributed by atoms with Crippen molar-refractivity contribution in [3.05, 3.63) is 23.9 Å². The first-order chi connectivity index (χ1) is 9.60. The van der Waals surface area contributed by atoms with Gasteiger partial charge in [0.1, 0.15) is 6.42 Å². The smallest absolute Gasteiger partial charge is 0.313 e. The summed E-state index contributed by atoms with van der Waals surface area (Å²) in [6.45, 7) is 0. The van der Waals surface area contributed by atoms with Crippen molar-refractivity contribution in [2.24, 2.45) is 0 Å². The summed E-state index contributed by atoms with van der Waals surface area (Å²) in [4.78, 5) is 26.2. The molecule has 0 aliphatic carbocycles.